The molecule has 5 nitrogen and oxygen atoms in total. The predicted molar refractivity (Wildman–Crippen MR) is 96.7 cm³/mol. The number of rotatable bonds is 3. The molecule has 0 unspecified atom stereocenters. The van der Waals surface area contributed by atoms with E-state index in [1.807, 2.05) is 6.07 Å². The molecule has 0 atom stereocenters. The summed E-state index contributed by atoms with van der Waals surface area (Å²) in [6, 6.07) is 10.4. The molecular weight excluding hydrogens is 349 g/mol. The van der Waals surface area contributed by atoms with Gasteiger partial charge in [-0.3, -0.25) is 4.79 Å². The fourth-order valence-corrected chi connectivity index (χ4v) is 2.97. The van der Waals surface area contributed by atoms with Crippen molar-refractivity contribution in [2.24, 2.45) is 5.10 Å². The van der Waals surface area contributed by atoms with Gasteiger partial charge in [-0.2, -0.15) is 9.78 Å². The van der Waals surface area contributed by atoms with Gasteiger partial charge in [0.2, 0.25) is 0 Å². The van der Waals surface area contributed by atoms with Crippen molar-refractivity contribution in [1.29, 1.82) is 0 Å². The Balaban J connectivity index is 2.14. The highest BCUT2D eigenvalue weighted by Crippen LogP contribution is 2.31. The molecule has 1 heterocycles. The van der Waals surface area contributed by atoms with Gasteiger partial charge >= 0.3 is 0 Å². The Hall–Kier alpha value is -2.37. The Kier molecular flexibility index (Phi) is 4.55. The SMILES string of the molecule is COc1c(Cl)cc(Cl)cc1/C=N/n1c(C)nc2ccccc2c1=O. The van der Waals surface area contributed by atoms with Crippen molar-refractivity contribution < 1.29 is 4.74 Å². The molecule has 7 heteroatoms. The second-order valence-electron chi connectivity index (χ2n) is 5.05. The number of benzene rings is 2. The van der Waals surface area contributed by atoms with Gasteiger partial charge in [0.25, 0.3) is 5.56 Å². The third-order valence-electron chi connectivity index (χ3n) is 3.47. The van der Waals surface area contributed by atoms with Gasteiger partial charge in [-0.05, 0) is 31.2 Å². The summed E-state index contributed by atoms with van der Waals surface area (Å²) in [5.74, 6) is 0.909. The number of aryl methyl sites for hydroxylation is 1. The molecule has 3 aromatic rings. The quantitative estimate of drug-likeness (QED) is 0.664. The summed E-state index contributed by atoms with van der Waals surface area (Å²) in [6.07, 6.45) is 1.47. The summed E-state index contributed by atoms with van der Waals surface area (Å²) in [4.78, 5) is 17.0. The van der Waals surface area contributed by atoms with Gasteiger partial charge in [0.05, 0.1) is 29.2 Å². The second kappa shape index (κ2) is 6.63. The van der Waals surface area contributed by atoms with Crippen molar-refractivity contribution in [3.8, 4) is 5.75 Å². The highest BCUT2D eigenvalue weighted by atomic mass is 35.5. The van der Waals surface area contributed by atoms with Gasteiger partial charge in [-0.1, -0.05) is 35.3 Å². The lowest BCUT2D eigenvalue weighted by Crippen LogP contribution is -2.20. The van der Waals surface area contributed by atoms with Crippen LogP contribution in [0.3, 0.4) is 0 Å². The predicted octanol–water partition coefficient (Wildman–Crippen LogP) is 3.90. The highest BCUT2D eigenvalue weighted by Gasteiger charge is 2.10. The Morgan fingerprint density at radius 2 is 2.00 bits per heavy atom. The van der Waals surface area contributed by atoms with Crippen LogP contribution in [0.15, 0.2) is 46.3 Å². The van der Waals surface area contributed by atoms with Crippen LogP contribution < -0.4 is 10.3 Å². The number of methoxy groups -OCH3 is 1. The van der Waals surface area contributed by atoms with Gasteiger partial charge in [-0.25, -0.2) is 4.98 Å². The molecule has 0 fully saturated rings. The summed E-state index contributed by atoms with van der Waals surface area (Å²) in [5, 5.41) is 5.55. The molecule has 0 bridgehead atoms. The molecule has 3 rings (SSSR count). The van der Waals surface area contributed by atoms with Gasteiger partial charge < -0.3 is 4.74 Å². The summed E-state index contributed by atoms with van der Waals surface area (Å²) >= 11 is 12.1. The Morgan fingerprint density at radius 3 is 2.75 bits per heavy atom. The van der Waals surface area contributed by atoms with E-state index in [0.29, 0.717) is 38.1 Å². The van der Waals surface area contributed by atoms with E-state index in [4.69, 9.17) is 27.9 Å². The second-order valence-corrected chi connectivity index (χ2v) is 5.89. The minimum absolute atomic E-state index is 0.249. The maximum absolute atomic E-state index is 12.6. The largest absolute Gasteiger partial charge is 0.495 e. The minimum Gasteiger partial charge on any atom is -0.495 e. The summed E-state index contributed by atoms with van der Waals surface area (Å²) < 4.78 is 6.50. The first kappa shape index (κ1) is 16.5. The molecule has 0 spiro atoms. The molecule has 122 valence electrons. The van der Waals surface area contributed by atoms with E-state index in [1.54, 1.807) is 37.3 Å². The van der Waals surface area contributed by atoms with E-state index in [-0.39, 0.29) is 5.56 Å². The third kappa shape index (κ3) is 3.00. The highest BCUT2D eigenvalue weighted by molar-refractivity contribution is 6.36. The zero-order valence-electron chi connectivity index (χ0n) is 13.0. The van der Waals surface area contributed by atoms with Crippen LogP contribution in [0.4, 0.5) is 0 Å². The molecule has 2 aromatic carbocycles. The lowest BCUT2D eigenvalue weighted by atomic mass is 10.2. The molecule has 0 saturated heterocycles. The number of fused-ring (bicyclic) bond motifs is 1. The zero-order chi connectivity index (χ0) is 17.3. The average Bonchev–Trinajstić information content (AvgIpc) is 2.54. The molecule has 0 N–H and O–H groups in total. The van der Waals surface area contributed by atoms with E-state index in [1.165, 1.54) is 18.0 Å². The third-order valence-corrected chi connectivity index (χ3v) is 3.97. The van der Waals surface area contributed by atoms with Crippen molar-refractivity contribution in [2.75, 3.05) is 7.11 Å². The summed E-state index contributed by atoms with van der Waals surface area (Å²) in [5.41, 5.74) is 0.950. The van der Waals surface area contributed by atoms with E-state index >= 15 is 0 Å². The molecule has 0 amide bonds. The minimum atomic E-state index is -0.249. The maximum atomic E-state index is 12.6. The molecular formula is C17H13Cl2N3O2. The van der Waals surface area contributed by atoms with Crippen LogP contribution in [-0.2, 0) is 0 Å². The van der Waals surface area contributed by atoms with Gasteiger partial charge in [0, 0.05) is 10.6 Å². The summed E-state index contributed by atoms with van der Waals surface area (Å²) in [7, 11) is 1.50. The first-order chi connectivity index (χ1) is 11.5. The zero-order valence-corrected chi connectivity index (χ0v) is 14.5. The summed E-state index contributed by atoms with van der Waals surface area (Å²) in [6.45, 7) is 1.72. The van der Waals surface area contributed by atoms with Crippen molar-refractivity contribution in [3.05, 3.63) is 68.2 Å². The number of para-hydroxylation sites is 1. The Bertz CT molecular complexity index is 1010. The van der Waals surface area contributed by atoms with Gasteiger partial charge in [0.15, 0.2) is 0 Å². The lowest BCUT2D eigenvalue weighted by Gasteiger charge is -2.08. The smallest absolute Gasteiger partial charge is 0.282 e. The van der Waals surface area contributed by atoms with Crippen LogP contribution >= 0.6 is 23.2 Å². The molecule has 0 saturated carbocycles. The lowest BCUT2D eigenvalue weighted by molar-refractivity contribution is 0.414. The molecule has 24 heavy (non-hydrogen) atoms. The number of nitrogens with zero attached hydrogens (tertiary/aromatic N) is 3. The fourth-order valence-electron chi connectivity index (χ4n) is 2.38. The van der Waals surface area contributed by atoms with Crippen LogP contribution in [0.1, 0.15) is 11.4 Å². The molecule has 0 aliphatic heterocycles. The van der Waals surface area contributed by atoms with E-state index in [0.717, 1.165) is 0 Å². The van der Waals surface area contributed by atoms with E-state index < -0.39 is 0 Å². The molecule has 1 aromatic heterocycles. The Labute approximate surface area is 148 Å². The molecule has 0 radical (unpaired) electrons. The first-order valence-corrected chi connectivity index (χ1v) is 7.82. The van der Waals surface area contributed by atoms with Crippen molar-refractivity contribution in [3.63, 3.8) is 0 Å². The standard InChI is InChI=1S/C17H13Cl2N3O2/c1-10-21-15-6-4-3-5-13(15)17(23)22(10)20-9-11-7-12(18)8-14(19)16(11)24-2/h3-9H,1-2H3/b20-9+. The normalized spacial score (nSPS) is 11.3. The van der Waals surface area contributed by atoms with Crippen LogP contribution in [0.25, 0.3) is 10.9 Å². The van der Waals surface area contributed by atoms with E-state index in [2.05, 4.69) is 10.1 Å². The molecule has 0 aliphatic rings. The monoisotopic (exact) mass is 361 g/mol. The van der Waals surface area contributed by atoms with Crippen molar-refractivity contribution in [1.82, 2.24) is 9.66 Å². The van der Waals surface area contributed by atoms with E-state index in [9.17, 15) is 4.79 Å². The fraction of sp³-hybridized carbons (Fsp3) is 0.118. The maximum Gasteiger partial charge on any atom is 0.282 e. The average molecular weight is 362 g/mol. The molecule has 0 aliphatic carbocycles. The van der Waals surface area contributed by atoms with Gasteiger partial charge in [0.1, 0.15) is 11.6 Å². The topological polar surface area (TPSA) is 56.5 Å². The number of ether oxygens (including phenoxy) is 1. The van der Waals surface area contributed by atoms with Crippen LogP contribution in [0.2, 0.25) is 10.0 Å². The van der Waals surface area contributed by atoms with Crippen LogP contribution in [0, 0.1) is 6.92 Å². The first-order valence-electron chi connectivity index (χ1n) is 7.07. The van der Waals surface area contributed by atoms with Crippen LogP contribution in [-0.4, -0.2) is 23.0 Å². The van der Waals surface area contributed by atoms with Crippen molar-refractivity contribution in [2.45, 2.75) is 6.92 Å². The number of hydrogen-bond donors (Lipinski definition) is 0. The Morgan fingerprint density at radius 1 is 1.25 bits per heavy atom. The van der Waals surface area contributed by atoms with Gasteiger partial charge in [-0.15, -0.1) is 0 Å². The number of aromatic nitrogens is 2. The number of hydrogen-bond acceptors (Lipinski definition) is 4. The number of halogens is 2. The van der Waals surface area contributed by atoms with Crippen molar-refractivity contribution >= 4 is 40.3 Å². The van der Waals surface area contributed by atoms with Crippen LogP contribution in [0.5, 0.6) is 5.75 Å².